The highest BCUT2D eigenvalue weighted by molar-refractivity contribution is 5.09. The van der Waals surface area contributed by atoms with E-state index in [0.29, 0.717) is 12.1 Å². The van der Waals surface area contributed by atoms with Gasteiger partial charge in [0, 0.05) is 30.5 Å². The number of pyridine rings is 1. The molecule has 1 saturated carbocycles. The van der Waals surface area contributed by atoms with Crippen LogP contribution in [0.1, 0.15) is 44.0 Å². The Bertz CT molecular complexity index is 538. The van der Waals surface area contributed by atoms with Gasteiger partial charge in [-0.05, 0) is 38.3 Å². The lowest BCUT2D eigenvalue weighted by atomic mass is 10.1. The van der Waals surface area contributed by atoms with Gasteiger partial charge in [0.1, 0.15) is 5.82 Å². The first-order valence-electron chi connectivity index (χ1n) is 7.09. The monoisotopic (exact) mass is 274 g/mol. The van der Waals surface area contributed by atoms with E-state index in [2.05, 4.69) is 26.8 Å². The lowest BCUT2D eigenvalue weighted by molar-refractivity contribution is 0.359. The zero-order chi connectivity index (χ0) is 13.9. The number of aromatic nitrogens is 3. The summed E-state index contributed by atoms with van der Waals surface area (Å²) in [7, 11) is 0. The SMILES string of the molecule is CC(NC1CCCC1n1ccnc1)c1ccc(F)cn1. The quantitative estimate of drug-likeness (QED) is 0.932. The Labute approximate surface area is 118 Å². The van der Waals surface area contributed by atoms with Crippen molar-refractivity contribution in [1.82, 2.24) is 19.9 Å². The Morgan fingerprint density at radius 3 is 3.00 bits per heavy atom. The van der Waals surface area contributed by atoms with Crippen LogP contribution in [0.15, 0.2) is 37.1 Å². The van der Waals surface area contributed by atoms with Crippen LogP contribution in [-0.4, -0.2) is 20.6 Å². The van der Waals surface area contributed by atoms with E-state index < -0.39 is 0 Å². The molecule has 0 saturated heterocycles. The molecule has 0 aromatic carbocycles. The number of hydrogen-bond acceptors (Lipinski definition) is 3. The average Bonchev–Trinajstić information content (AvgIpc) is 3.09. The Balaban J connectivity index is 1.68. The highest BCUT2D eigenvalue weighted by atomic mass is 19.1. The van der Waals surface area contributed by atoms with Gasteiger partial charge >= 0.3 is 0 Å². The van der Waals surface area contributed by atoms with E-state index in [0.717, 1.165) is 18.5 Å². The molecule has 3 atom stereocenters. The lowest BCUT2D eigenvalue weighted by Crippen LogP contribution is -2.35. The molecule has 20 heavy (non-hydrogen) atoms. The first-order chi connectivity index (χ1) is 9.74. The minimum Gasteiger partial charge on any atom is -0.333 e. The van der Waals surface area contributed by atoms with E-state index in [1.807, 2.05) is 18.7 Å². The molecule has 0 aliphatic heterocycles. The van der Waals surface area contributed by atoms with Gasteiger partial charge < -0.3 is 9.88 Å². The number of nitrogens with zero attached hydrogens (tertiary/aromatic N) is 3. The van der Waals surface area contributed by atoms with Gasteiger partial charge in [-0.15, -0.1) is 0 Å². The normalized spacial score (nSPS) is 23.9. The van der Waals surface area contributed by atoms with Gasteiger partial charge in [0.2, 0.25) is 0 Å². The molecule has 2 aromatic heterocycles. The third kappa shape index (κ3) is 2.72. The second-order valence-corrected chi connectivity index (χ2v) is 5.40. The number of imidazole rings is 1. The molecular formula is C15H19FN4. The zero-order valence-corrected chi connectivity index (χ0v) is 11.5. The van der Waals surface area contributed by atoms with Crippen LogP contribution in [-0.2, 0) is 0 Å². The highest BCUT2D eigenvalue weighted by Crippen LogP contribution is 2.31. The van der Waals surface area contributed by atoms with E-state index in [-0.39, 0.29) is 11.9 Å². The molecule has 106 valence electrons. The van der Waals surface area contributed by atoms with Gasteiger partial charge in [-0.3, -0.25) is 4.98 Å². The summed E-state index contributed by atoms with van der Waals surface area (Å²) in [5.74, 6) is -0.293. The number of halogens is 1. The van der Waals surface area contributed by atoms with Crippen LogP contribution in [0.25, 0.3) is 0 Å². The van der Waals surface area contributed by atoms with E-state index in [1.165, 1.54) is 18.7 Å². The lowest BCUT2D eigenvalue weighted by Gasteiger charge is -2.25. The smallest absolute Gasteiger partial charge is 0.141 e. The molecule has 4 nitrogen and oxygen atoms in total. The van der Waals surface area contributed by atoms with Gasteiger partial charge in [0.25, 0.3) is 0 Å². The third-order valence-corrected chi connectivity index (χ3v) is 4.05. The first-order valence-corrected chi connectivity index (χ1v) is 7.09. The molecule has 3 rings (SSSR count). The minimum absolute atomic E-state index is 0.115. The molecule has 5 heteroatoms. The fourth-order valence-electron chi connectivity index (χ4n) is 3.01. The van der Waals surface area contributed by atoms with Gasteiger partial charge in [-0.25, -0.2) is 9.37 Å². The van der Waals surface area contributed by atoms with Crippen LogP contribution in [0.3, 0.4) is 0 Å². The molecule has 0 spiro atoms. The molecule has 2 aromatic rings. The van der Waals surface area contributed by atoms with Crippen molar-refractivity contribution in [3.63, 3.8) is 0 Å². The van der Waals surface area contributed by atoms with Crippen molar-refractivity contribution in [2.45, 2.75) is 44.3 Å². The summed E-state index contributed by atoms with van der Waals surface area (Å²) in [4.78, 5) is 8.28. The van der Waals surface area contributed by atoms with E-state index in [9.17, 15) is 4.39 Å². The second-order valence-electron chi connectivity index (χ2n) is 5.40. The molecule has 3 unspecified atom stereocenters. The maximum absolute atomic E-state index is 12.9. The molecule has 0 radical (unpaired) electrons. The summed E-state index contributed by atoms with van der Waals surface area (Å²) in [5.41, 5.74) is 0.877. The van der Waals surface area contributed by atoms with E-state index in [4.69, 9.17) is 0 Å². The van der Waals surface area contributed by atoms with Crippen LogP contribution < -0.4 is 5.32 Å². The maximum Gasteiger partial charge on any atom is 0.141 e. The zero-order valence-electron chi connectivity index (χ0n) is 11.5. The van der Waals surface area contributed by atoms with Crippen molar-refractivity contribution in [2.75, 3.05) is 0 Å². The van der Waals surface area contributed by atoms with Crippen LogP contribution in [0.2, 0.25) is 0 Å². The summed E-state index contributed by atoms with van der Waals surface area (Å²) in [6.45, 7) is 2.07. The van der Waals surface area contributed by atoms with E-state index >= 15 is 0 Å². The van der Waals surface area contributed by atoms with Gasteiger partial charge in [0.15, 0.2) is 0 Å². The predicted molar refractivity (Wildman–Crippen MR) is 74.6 cm³/mol. The molecule has 2 heterocycles. The summed E-state index contributed by atoms with van der Waals surface area (Å²) in [5, 5.41) is 3.62. The summed E-state index contributed by atoms with van der Waals surface area (Å²) < 4.78 is 15.1. The van der Waals surface area contributed by atoms with Crippen LogP contribution >= 0.6 is 0 Å². The van der Waals surface area contributed by atoms with Crippen molar-refractivity contribution >= 4 is 0 Å². The average molecular weight is 274 g/mol. The Kier molecular flexibility index (Phi) is 3.78. The second kappa shape index (κ2) is 5.71. The molecular weight excluding hydrogens is 255 g/mol. The molecule has 1 aliphatic rings. The highest BCUT2D eigenvalue weighted by Gasteiger charge is 2.29. The standard InChI is InChI=1S/C15H19FN4/c1-11(13-6-5-12(16)9-18-13)19-14-3-2-4-15(14)20-8-7-17-10-20/h5-11,14-15,19H,2-4H2,1H3. The van der Waals surface area contributed by atoms with Gasteiger partial charge in [-0.1, -0.05) is 0 Å². The Morgan fingerprint density at radius 2 is 2.30 bits per heavy atom. The summed E-state index contributed by atoms with van der Waals surface area (Å²) >= 11 is 0. The van der Waals surface area contributed by atoms with Crippen molar-refractivity contribution in [3.8, 4) is 0 Å². The Morgan fingerprint density at radius 1 is 1.40 bits per heavy atom. The number of hydrogen-bond donors (Lipinski definition) is 1. The van der Waals surface area contributed by atoms with Crippen molar-refractivity contribution in [1.29, 1.82) is 0 Å². The number of rotatable bonds is 4. The topological polar surface area (TPSA) is 42.7 Å². The molecule has 0 amide bonds. The van der Waals surface area contributed by atoms with Crippen LogP contribution in [0.5, 0.6) is 0 Å². The van der Waals surface area contributed by atoms with Gasteiger partial charge in [-0.2, -0.15) is 0 Å². The van der Waals surface area contributed by atoms with Crippen molar-refractivity contribution < 1.29 is 4.39 Å². The third-order valence-electron chi connectivity index (χ3n) is 4.05. The van der Waals surface area contributed by atoms with Crippen molar-refractivity contribution in [3.05, 3.63) is 48.6 Å². The van der Waals surface area contributed by atoms with Crippen LogP contribution in [0.4, 0.5) is 4.39 Å². The number of nitrogens with one attached hydrogen (secondary N) is 1. The summed E-state index contributed by atoms with van der Waals surface area (Å²) in [6.07, 6.45) is 10.5. The molecule has 1 fully saturated rings. The fourth-order valence-corrected chi connectivity index (χ4v) is 3.01. The minimum atomic E-state index is -0.293. The van der Waals surface area contributed by atoms with E-state index in [1.54, 1.807) is 6.07 Å². The maximum atomic E-state index is 12.9. The summed E-state index contributed by atoms with van der Waals surface area (Å²) in [6, 6.07) is 4.17. The molecule has 1 N–H and O–H groups in total. The molecule has 0 bridgehead atoms. The molecule has 1 aliphatic carbocycles. The predicted octanol–water partition coefficient (Wildman–Crippen LogP) is 2.86. The van der Waals surface area contributed by atoms with Gasteiger partial charge in [0.05, 0.1) is 18.2 Å². The first kappa shape index (κ1) is 13.2. The largest absolute Gasteiger partial charge is 0.333 e. The van der Waals surface area contributed by atoms with Crippen molar-refractivity contribution in [2.24, 2.45) is 0 Å². The Hall–Kier alpha value is -1.75. The van der Waals surface area contributed by atoms with Crippen LogP contribution in [0, 0.1) is 5.82 Å². The fraction of sp³-hybridized carbons (Fsp3) is 0.467.